The number of aromatic hydroxyl groups is 1. The van der Waals surface area contributed by atoms with Gasteiger partial charge in [-0.2, -0.15) is 0 Å². The van der Waals surface area contributed by atoms with Gasteiger partial charge in [-0.1, -0.05) is 0 Å². The summed E-state index contributed by atoms with van der Waals surface area (Å²) in [4.78, 5) is 22.5. The first-order valence-corrected chi connectivity index (χ1v) is 5.68. The largest absolute Gasteiger partial charge is 0.507 e. The van der Waals surface area contributed by atoms with Gasteiger partial charge in [0.05, 0.1) is 6.04 Å². The van der Waals surface area contributed by atoms with Crippen molar-refractivity contribution < 1.29 is 19.8 Å². The summed E-state index contributed by atoms with van der Waals surface area (Å²) in [5.41, 5.74) is 0.197. The maximum Gasteiger partial charge on any atom is 0.339 e. The van der Waals surface area contributed by atoms with Gasteiger partial charge < -0.3 is 20.8 Å². The SMILES string of the molecule is O=C(O)c1ccc(NC(=O)[C@H]2CCCN2)cc1O. The lowest BCUT2D eigenvalue weighted by Gasteiger charge is -2.11. The van der Waals surface area contributed by atoms with Gasteiger partial charge in [0, 0.05) is 11.8 Å². The van der Waals surface area contributed by atoms with Crippen LogP contribution in [0.5, 0.6) is 5.75 Å². The molecule has 0 aliphatic carbocycles. The molecule has 0 saturated carbocycles. The van der Waals surface area contributed by atoms with E-state index in [1.807, 2.05) is 0 Å². The fourth-order valence-electron chi connectivity index (χ4n) is 1.93. The Labute approximate surface area is 104 Å². The molecule has 2 rings (SSSR count). The number of carbonyl (C=O) groups excluding carboxylic acids is 1. The summed E-state index contributed by atoms with van der Waals surface area (Å²) in [6.45, 7) is 0.821. The molecule has 6 nitrogen and oxygen atoms in total. The number of anilines is 1. The Morgan fingerprint density at radius 1 is 1.39 bits per heavy atom. The highest BCUT2D eigenvalue weighted by molar-refractivity contribution is 5.96. The van der Waals surface area contributed by atoms with Crippen LogP contribution in [0.15, 0.2) is 18.2 Å². The van der Waals surface area contributed by atoms with Gasteiger partial charge in [0.25, 0.3) is 0 Å². The minimum absolute atomic E-state index is 0.171. The first-order valence-electron chi connectivity index (χ1n) is 5.68. The molecule has 1 aliphatic heterocycles. The Morgan fingerprint density at radius 2 is 2.17 bits per heavy atom. The third kappa shape index (κ3) is 2.60. The number of amides is 1. The average Bonchev–Trinajstić information content (AvgIpc) is 2.81. The Morgan fingerprint density at radius 3 is 2.72 bits per heavy atom. The minimum atomic E-state index is -1.21. The van der Waals surface area contributed by atoms with Crippen molar-refractivity contribution in [2.75, 3.05) is 11.9 Å². The van der Waals surface area contributed by atoms with E-state index < -0.39 is 5.97 Å². The summed E-state index contributed by atoms with van der Waals surface area (Å²) in [6, 6.07) is 3.73. The van der Waals surface area contributed by atoms with E-state index in [4.69, 9.17) is 5.11 Å². The van der Waals surface area contributed by atoms with E-state index >= 15 is 0 Å². The fourth-order valence-corrected chi connectivity index (χ4v) is 1.93. The standard InChI is InChI=1S/C12H14N2O4/c15-10-6-7(3-4-8(10)12(17)18)14-11(16)9-2-1-5-13-9/h3-4,6,9,13,15H,1-2,5H2,(H,14,16)(H,17,18)/t9-/m1/s1. The second-order valence-electron chi connectivity index (χ2n) is 4.18. The first kappa shape index (κ1) is 12.4. The van der Waals surface area contributed by atoms with E-state index in [9.17, 15) is 14.7 Å². The van der Waals surface area contributed by atoms with Crippen molar-refractivity contribution in [3.8, 4) is 5.75 Å². The summed E-state index contributed by atoms with van der Waals surface area (Å²) in [5.74, 6) is -1.74. The molecular weight excluding hydrogens is 236 g/mol. The molecule has 1 heterocycles. The topological polar surface area (TPSA) is 98.7 Å². The minimum Gasteiger partial charge on any atom is -0.507 e. The molecule has 6 heteroatoms. The molecule has 0 spiro atoms. The van der Waals surface area contributed by atoms with Crippen molar-refractivity contribution in [2.24, 2.45) is 0 Å². The number of hydrogen-bond acceptors (Lipinski definition) is 4. The van der Waals surface area contributed by atoms with E-state index in [1.54, 1.807) is 0 Å². The van der Waals surface area contributed by atoms with E-state index in [0.29, 0.717) is 5.69 Å². The van der Waals surface area contributed by atoms with Crippen LogP contribution in [0, 0.1) is 0 Å². The molecule has 18 heavy (non-hydrogen) atoms. The van der Waals surface area contributed by atoms with Gasteiger partial charge in [-0.25, -0.2) is 4.79 Å². The molecule has 0 bridgehead atoms. The van der Waals surface area contributed by atoms with Crippen LogP contribution in [-0.4, -0.2) is 34.7 Å². The third-order valence-corrected chi connectivity index (χ3v) is 2.87. The summed E-state index contributed by atoms with van der Waals surface area (Å²) in [6.07, 6.45) is 1.74. The van der Waals surface area contributed by atoms with Crippen molar-refractivity contribution in [3.05, 3.63) is 23.8 Å². The second-order valence-corrected chi connectivity index (χ2v) is 4.18. The molecule has 1 amide bonds. The Hall–Kier alpha value is -2.08. The molecule has 0 radical (unpaired) electrons. The van der Waals surface area contributed by atoms with Crippen LogP contribution < -0.4 is 10.6 Å². The Kier molecular flexibility index (Phi) is 3.47. The van der Waals surface area contributed by atoms with E-state index in [0.717, 1.165) is 19.4 Å². The van der Waals surface area contributed by atoms with Gasteiger partial charge in [0.2, 0.25) is 5.91 Å². The zero-order valence-electron chi connectivity index (χ0n) is 9.64. The number of carboxylic acids is 1. The molecule has 1 saturated heterocycles. The van der Waals surface area contributed by atoms with E-state index in [2.05, 4.69) is 10.6 Å². The lowest BCUT2D eigenvalue weighted by Crippen LogP contribution is -2.35. The molecule has 0 aromatic heterocycles. The van der Waals surface area contributed by atoms with Gasteiger partial charge in [-0.15, -0.1) is 0 Å². The number of carbonyl (C=O) groups is 2. The lowest BCUT2D eigenvalue weighted by atomic mass is 10.1. The smallest absolute Gasteiger partial charge is 0.339 e. The monoisotopic (exact) mass is 250 g/mol. The first-order chi connectivity index (χ1) is 8.58. The number of aromatic carboxylic acids is 1. The molecule has 1 aromatic carbocycles. The molecule has 1 aliphatic rings. The normalized spacial score (nSPS) is 18.6. The zero-order valence-corrected chi connectivity index (χ0v) is 9.64. The van der Waals surface area contributed by atoms with Gasteiger partial charge in [0.1, 0.15) is 11.3 Å². The van der Waals surface area contributed by atoms with Gasteiger partial charge >= 0.3 is 5.97 Å². The Bertz CT molecular complexity index is 481. The number of phenols is 1. The number of nitrogens with one attached hydrogen (secondary N) is 2. The van der Waals surface area contributed by atoms with Gasteiger partial charge in [-0.05, 0) is 31.5 Å². The van der Waals surface area contributed by atoms with E-state index in [-0.39, 0.29) is 23.3 Å². The quantitative estimate of drug-likeness (QED) is 0.635. The lowest BCUT2D eigenvalue weighted by molar-refractivity contribution is -0.117. The highest BCUT2D eigenvalue weighted by Crippen LogP contribution is 2.22. The fraction of sp³-hybridized carbons (Fsp3) is 0.333. The number of rotatable bonds is 3. The van der Waals surface area contributed by atoms with Crippen LogP contribution in [-0.2, 0) is 4.79 Å². The Balaban J connectivity index is 2.07. The van der Waals surface area contributed by atoms with Crippen LogP contribution >= 0.6 is 0 Å². The number of carboxylic acid groups (broad SMARTS) is 1. The summed E-state index contributed by atoms with van der Waals surface area (Å²) < 4.78 is 0. The van der Waals surface area contributed by atoms with Gasteiger partial charge in [0.15, 0.2) is 0 Å². The summed E-state index contributed by atoms with van der Waals surface area (Å²) >= 11 is 0. The third-order valence-electron chi connectivity index (χ3n) is 2.87. The number of hydrogen-bond donors (Lipinski definition) is 4. The highest BCUT2D eigenvalue weighted by atomic mass is 16.4. The zero-order chi connectivity index (χ0) is 13.1. The van der Waals surface area contributed by atoms with Crippen molar-refractivity contribution in [1.29, 1.82) is 0 Å². The maximum atomic E-state index is 11.8. The van der Waals surface area contributed by atoms with Gasteiger partial charge in [-0.3, -0.25) is 4.79 Å². The summed E-state index contributed by atoms with van der Waals surface area (Å²) in [5, 5.41) is 23.9. The van der Waals surface area contributed by atoms with Crippen LogP contribution in [0.1, 0.15) is 23.2 Å². The molecule has 1 aromatic rings. The van der Waals surface area contributed by atoms with Crippen LogP contribution in [0.2, 0.25) is 0 Å². The predicted molar refractivity (Wildman–Crippen MR) is 64.7 cm³/mol. The molecule has 4 N–H and O–H groups in total. The highest BCUT2D eigenvalue weighted by Gasteiger charge is 2.22. The molecular formula is C12H14N2O4. The van der Waals surface area contributed by atoms with Crippen molar-refractivity contribution >= 4 is 17.6 Å². The molecule has 1 atom stereocenters. The second kappa shape index (κ2) is 5.05. The maximum absolute atomic E-state index is 11.8. The van der Waals surface area contributed by atoms with Crippen molar-refractivity contribution in [1.82, 2.24) is 5.32 Å². The molecule has 0 unspecified atom stereocenters. The van der Waals surface area contributed by atoms with Crippen LogP contribution in [0.25, 0.3) is 0 Å². The molecule has 96 valence electrons. The average molecular weight is 250 g/mol. The number of benzene rings is 1. The van der Waals surface area contributed by atoms with Crippen LogP contribution in [0.4, 0.5) is 5.69 Å². The van der Waals surface area contributed by atoms with Crippen molar-refractivity contribution in [3.63, 3.8) is 0 Å². The van der Waals surface area contributed by atoms with E-state index in [1.165, 1.54) is 18.2 Å². The predicted octanol–water partition coefficient (Wildman–Crippen LogP) is 0.781. The summed E-state index contributed by atoms with van der Waals surface area (Å²) in [7, 11) is 0. The van der Waals surface area contributed by atoms with Crippen LogP contribution in [0.3, 0.4) is 0 Å². The van der Waals surface area contributed by atoms with Crippen molar-refractivity contribution in [2.45, 2.75) is 18.9 Å². The molecule has 1 fully saturated rings.